The van der Waals surface area contributed by atoms with Gasteiger partial charge in [0.05, 0.1) is 10.4 Å². The molecule has 0 aromatic carbocycles. The van der Waals surface area contributed by atoms with Gasteiger partial charge in [0.2, 0.25) is 0 Å². The van der Waals surface area contributed by atoms with Crippen LogP contribution in [0.15, 0.2) is 12.1 Å². The summed E-state index contributed by atoms with van der Waals surface area (Å²) in [4.78, 5) is 5.96. The fourth-order valence-electron chi connectivity index (χ4n) is 1.93. The highest BCUT2D eigenvalue weighted by Crippen LogP contribution is 2.26. The Morgan fingerprint density at radius 2 is 2.06 bits per heavy atom. The summed E-state index contributed by atoms with van der Waals surface area (Å²) in [6.45, 7) is 5.44. The van der Waals surface area contributed by atoms with Gasteiger partial charge >= 0.3 is 0 Å². The Balaban J connectivity index is 1.85. The summed E-state index contributed by atoms with van der Waals surface area (Å²) in [6.07, 6.45) is 0. The Bertz CT molecular complexity index is 334. The van der Waals surface area contributed by atoms with E-state index < -0.39 is 0 Å². The average molecular weight is 260 g/mol. The predicted octanol–water partition coefficient (Wildman–Crippen LogP) is 1.65. The number of hydrogen-bond donors (Lipinski definition) is 1. The molecule has 0 radical (unpaired) electrons. The summed E-state index contributed by atoms with van der Waals surface area (Å²) in [5, 5.41) is 0. The lowest BCUT2D eigenvalue weighted by Crippen LogP contribution is -2.46. The van der Waals surface area contributed by atoms with Crippen LogP contribution in [0, 0.1) is 0 Å². The van der Waals surface area contributed by atoms with Crippen molar-refractivity contribution in [2.75, 3.05) is 39.8 Å². The van der Waals surface area contributed by atoms with Crippen LogP contribution in [-0.2, 0) is 0 Å². The van der Waals surface area contributed by atoms with E-state index in [2.05, 4.69) is 16.8 Å². The largest absolute Gasteiger partial charge is 0.322 e. The molecule has 1 aromatic heterocycles. The van der Waals surface area contributed by atoms with E-state index in [1.165, 1.54) is 4.88 Å². The smallest absolute Gasteiger partial charge is 0.0931 e. The molecule has 0 saturated carbocycles. The monoisotopic (exact) mass is 259 g/mol. The number of halogens is 1. The van der Waals surface area contributed by atoms with Crippen molar-refractivity contribution in [2.45, 2.75) is 6.04 Å². The maximum absolute atomic E-state index is 6.17. The Morgan fingerprint density at radius 1 is 1.38 bits per heavy atom. The minimum atomic E-state index is 0.0981. The Hall–Kier alpha value is -0.130. The van der Waals surface area contributed by atoms with Crippen molar-refractivity contribution in [3.8, 4) is 0 Å². The van der Waals surface area contributed by atoms with Gasteiger partial charge in [-0.15, -0.1) is 11.3 Å². The van der Waals surface area contributed by atoms with Crippen LogP contribution < -0.4 is 5.73 Å². The molecule has 0 spiro atoms. The van der Waals surface area contributed by atoms with Gasteiger partial charge in [-0.3, -0.25) is 4.90 Å². The second kappa shape index (κ2) is 5.47. The van der Waals surface area contributed by atoms with Gasteiger partial charge in [-0.05, 0) is 19.2 Å². The van der Waals surface area contributed by atoms with Gasteiger partial charge in [0.1, 0.15) is 0 Å². The van der Waals surface area contributed by atoms with E-state index in [0.717, 1.165) is 37.1 Å². The summed E-state index contributed by atoms with van der Waals surface area (Å²) in [6, 6.07) is 4.06. The third kappa shape index (κ3) is 3.18. The van der Waals surface area contributed by atoms with Gasteiger partial charge in [-0.25, -0.2) is 0 Å². The van der Waals surface area contributed by atoms with E-state index in [0.29, 0.717) is 0 Å². The lowest BCUT2D eigenvalue weighted by atomic mass is 10.2. The zero-order chi connectivity index (χ0) is 11.5. The van der Waals surface area contributed by atoms with Crippen molar-refractivity contribution in [3.63, 3.8) is 0 Å². The molecular weight excluding hydrogens is 242 g/mol. The molecule has 2 rings (SSSR count). The summed E-state index contributed by atoms with van der Waals surface area (Å²) in [5.41, 5.74) is 6.17. The molecule has 1 unspecified atom stereocenters. The molecule has 0 aliphatic carbocycles. The van der Waals surface area contributed by atoms with Gasteiger partial charge < -0.3 is 10.6 Å². The first-order valence-corrected chi connectivity index (χ1v) is 6.76. The minimum Gasteiger partial charge on any atom is -0.322 e. The van der Waals surface area contributed by atoms with Gasteiger partial charge in [0, 0.05) is 37.6 Å². The standard InChI is InChI=1S/C11H18ClN3S/c1-14-4-6-15(7-5-14)8-9(13)10-2-3-11(12)16-10/h2-3,9H,4-8,13H2,1H3. The van der Waals surface area contributed by atoms with E-state index >= 15 is 0 Å². The maximum Gasteiger partial charge on any atom is 0.0931 e. The van der Waals surface area contributed by atoms with Crippen molar-refractivity contribution in [1.29, 1.82) is 0 Å². The molecule has 2 N–H and O–H groups in total. The van der Waals surface area contributed by atoms with Gasteiger partial charge in [0.25, 0.3) is 0 Å². The third-order valence-electron chi connectivity index (χ3n) is 3.01. The van der Waals surface area contributed by atoms with E-state index in [-0.39, 0.29) is 6.04 Å². The Morgan fingerprint density at radius 3 is 2.62 bits per heavy atom. The molecule has 0 bridgehead atoms. The predicted molar refractivity (Wildman–Crippen MR) is 70.2 cm³/mol. The first kappa shape index (κ1) is 12.3. The van der Waals surface area contributed by atoms with Crippen molar-refractivity contribution in [2.24, 2.45) is 5.73 Å². The molecule has 1 aromatic rings. The summed E-state index contributed by atoms with van der Waals surface area (Å²) in [5.74, 6) is 0. The van der Waals surface area contributed by atoms with Gasteiger partial charge in [0.15, 0.2) is 0 Å². The molecule has 1 atom stereocenters. The maximum atomic E-state index is 6.17. The number of rotatable bonds is 3. The molecular formula is C11H18ClN3S. The van der Waals surface area contributed by atoms with Crippen LogP contribution in [0.5, 0.6) is 0 Å². The molecule has 1 aliphatic heterocycles. The second-order valence-electron chi connectivity index (χ2n) is 4.35. The van der Waals surface area contributed by atoms with Crippen LogP contribution in [-0.4, -0.2) is 49.6 Å². The molecule has 16 heavy (non-hydrogen) atoms. The fraction of sp³-hybridized carbons (Fsp3) is 0.636. The quantitative estimate of drug-likeness (QED) is 0.896. The number of nitrogens with zero attached hydrogens (tertiary/aromatic N) is 2. The second-order valence-corrected chi connectivity index (χ2v) is 6.10. The molecule has 1 fully saturated rings. The molecule has 90 valence electrons. The molecule has 1 aliphatic rings. The molecule has 0 amide bonds. The van der Waals surface area contributed by atoms with Gasteiger partial charge in [-0.2, -0.15) is 0 Å². The highest BCUT2D eigenvalue weighted by molar-refractivity contribution is 7.16. The van der Waals surface area contributed by atoms with Crippen molar-refractivity contribution >= 4 is 22.9 Å². The lowest BCUT2D eigenvalue weighted by molar-refractivity contribution is 0.148. The zero-order valence-corrected chi connectivity index (χ0v) is 11.1. The molecule has 2 heterocycles. The van der Waals surface area contributed by atoms with Crippen LogP contribution in [0.3, 0.4) is 0 Å². The number of likely N-dealkylation sites (N-methyl/N-ethyl adjacent to an activating group) is 1. The Labute approximate surface area is 106 Å². The van der Waals surface area contributed by atoms with E-state index in [1.54, 1.807) is 11.3 Å². The molecule has 1 saturated heterocycles. The van der Waals surface area contributed by atoms with Crippen molar-refractivity contribution in [1.82, 2.24) is 9.80 Å². The summed E-state index contributed by atoms with van der Waals surface area (Å²) >= 11 is 7.50. The van der Waals surface area contributed by atoms with E-state index in [1.807, 2.05) is 12.1 Å². The SMILES string of the molecule is CN1CCN(CC(N)c2ccc(Cl)s2)CC1. The van der Waals surface area contributed by atoms with Crippen LogP contribution >= 0.6 is 22.9 Å². The fourth-order valence-corrected chi connectivity index (χ4v) is 2.98. The summed E-state index contributed by atoms with van der Waals surface area (Å²) < 4.78 is 0.823. The minimum absolute atomic E-state index is 0.0981. The third-order valence-corrected chi connectivity index (χ3v) is 4.37. The number of piperazine rings is 1. The first-order valence-electron chi connectivity index (χ1n) is 5.57. The molecule has 3 nitrogen and oxygen atoms in total. The number of nitrogens with two attached hydrogens (primary N) is 1. The lowest BCUT2D eigenvalue weighted by Gasteiger charge is -2.33. The number of thiophene rings is 1. The van der Waals surface area contributed by atoms with E-state index in [4.69, 9.17) is 17.3 Å². The molecule has 5 heteroatoms. The normalized spacial score (nSPS) is 21.2. The van der Waals surface area contributed by atoms with Crippen LogP contribution in [0.4, 0.5) is 0 Å². The highest BCUT2D eigenvalue weighted by Gasteiger charge is 2.17. The van der Waals surface area contributed by atoms with Crippen molar-refractivity contribution < 1.29 is 0 Å². The topological polar surface area (TPSA) is 32.5 Å². The first-order chi connectivity index (χ1) is 7.65. The van der Waals surface area contributed by atoms with Crippen LogP contribution in [0.1, 0.15) is 10.9 Å². The van der Waals surface area contributed by atoms with Crippen LogP contribution in [0.2, 0.25) is 4.34 Å². The van der Waals surface area contributed by atoms with Crippen molar-refractivity contribution in [3.05, 3.63) is 21.3 Å². The Kier molecular flexibility index (Phi) is 4.21. The summed E-state index contributed by atoms with van der Waals surface area (Å²) in [7, 11) is 2.16. The average Bonchev–Trinajstić information content (AvgIpc) is 2.68. The number of hydrogen-bond acceptors (Lipinski definition) is 4. The highest BCUT2D eigenvalue weighted by atomic mass is 35.5. The zero-order valence-electron chi connectivity index (χ0n) is 9.53. The van der Waals surface area contributed by atoms with E-state index in [9.17, 15) is 0 Å². The van der Waals surface area contributed by atoms with Gasteiger partial charge in [-0.1, -0.05) is 11.6 Å². The van der Waals surface area contributed by atoms with Crippen LogP contribution in [0.25, 0.3) is 0 Å².